The lowest BCUT2D eigenvalue weighted by Gasteiger charge is -2.35. The third kappa shape index (κ3) is 4.52. The van der Waals surface area contributed by atoms with Crippen LogP contribution in [0.3, 0.4) is 0 Å². The second-order valence-corrected chi connectivity index (χ2v) is 7.91. The van der Waals surface area contributed by atoms with Gasteiger partial charge < -0.3 is 10.2 Å². The van der Waals surface area contributed by atoms with E-state index in [0.717, 1.165) is 5.75 Å². The van der Waals surface area contributed by atoms with Crippen LogP contribution < -0.4 is 10.9 Å². The van der Waals surface area contributed by atoms with E-state index in [1.807, 2.05) is 6.26 Å². The monoisotopic (exact) mass is 403 g/mol. The van der Waals surface area contributed by atoms with E-state index in [-0.39, 0.29) is 23.4 Å². The van der Waals surface area contributed by atoms with Crippen molar-refractivity contribution in [2.75, 3.05) is 25.1 Å². The molecule has 1 N–H and O–H groups in total. The number of carbonyl (C=O) groups excluding carboxylic acids is 2. The highest BCUT2D eigenvalue weighted by molar-refractivity contribution is 7.98. The van der Waals surface area contributed by atoms with Gasteiger partial charge >= 0.3 is 0 Å². The van der Waals surface area contributed by atoms with Crippen LogP contribution in [-0.4, -0.2) is 62.4 Å². The molecule has 2 aromatic rings. The van der Waals surface area contributed by atoms with E-state index in [4.69, 9.17) is 0 Å². The zero-order valence-corrected chi connectivity index (χ0v) is 16.9. The summed E-state index contributed by atoms with van der Waals surface area (Å²) in [6.45, 7) is 2.53. The molecule has 1 unspecified atom stereocenters. The molecule has 1 fully saturated rings. The first-order chi connectivity index (χ1) is 13.5. The molecule has 0 aromatic carbocycles. The lowest BCUT2D eigenvalue weighted by atomic mass is 10.0. The van der Waals surface area contributed by atoms with Crippen LogP contribution in [-0.2, 0) is 9.59 Å². The molecule has 9 heteroatoms. The quantitative estimate of drug-likeness (QED) is 0.779. The smallest absolute Gasteiger partial charge is 0.263 e. The fourth-order valence-corrected chi connectivity index (χ4v) is 4.03. The Labute approximate surface area is 167 Å². The number of rotatable bonds is 6. The minimum Gasteiger partial charge on any atom is -0.345 e. The molecule has 0 radical (unpaired) electrons. The van der Waals surface area contributed by atoms with Crippen molar-refractivity contribution in [2.45, 2.75) is 38.3 Å². The van der Waals surface area contributed by atoms with Gasteiger partial charge in [0.1, 0.15) is 12.4 Å². The van der Waals surface area contributed by atoms with Crippen molar-refractivity contribution < 1.29 is 9.59 Å². The first-order valence-corrected chi connectivity index (χ1v) is 10.8. The van der Waals surface area contributed by atoms with Crippen molar-refractivity contribution in [1.82, 2.24) is 24.8 Å². The topological polar surface area (TPSA) is 97.2 Å². The standard InChI is InChI=1S/C19H25N5O3S/c1-13(25)22-16(7-11-28-2)19(27)23-9-5-14(6-10-23)24-12-21-17-15(18(24)26)4-3-8-20-17/h3-4,8,12,14,16H,5-7,9-11H2,1-2H3,(H,22,25). The largest absolute Gasteiger partial charge is 0.345 e. The minimum atomic E-state index is -0.488. The Hall–Kier alpha value is -2.42. The summed E-state index contributed by atoms with van der Waals surface area (Å²) >= 11 is 1.65. The average Bonchev–Trinajstić information content (AvgIpc) is 2.71. The Morgan fingerprint density at radius 3 is 2.75 bits per heavy atom. The number of piperidine rings is 1. The van der Waals surface area contributed by atoms with Gasteiger partial charge in [-0.2, -0.15) is 11.8 Å². The van der Waals surface area contributed by atoms with Crippen molar-refractivity contribution in [3.63, 3.8) is 0 Å². The Morgan fingerprint density at radius 1 is 1.32 bits per heavy atom. The van der Waals surface area contributed by atoms with Crippen LogP contribution in [0.15, 0.2) is 29.5 Å². The summed E-state index contributed by atoms with van der Waals surface area (Å²) in [6.07, 6.45) is 7.11. The minimum absolute atomic E-state index is 0.000861. The van der Waals surface area contributed by atoms with Crippen LogP contribution in [0.2, 0.25) is 0 Å². The van der Waals surface area contributed by atoms with Crippen LogP contribution in [0.1, 0.15) is 32.2 Å². The zero-order valence-electron chi connectivity index (χ0n) is 16.1. The molecular formula is C19H25N5O3S. The van der Waals surface area contributed by atoms with E-state index >= 15 is 0 Å². The molecule has 0 spiro atoms. The fourth-order valence-electron chi connectivity index (χ4n) is 3.56. The Kier molecular flexibility index (Phi) is 6.66. The van der Waals surface area contributed by atoms with Gasteiger partial charge in [0.15, 0.2) is 5.65 Å². The fraction of sp³-hybridized carbons (Fsp3) is 0.526. The molecule has 1 aliphatic rings. The van der Waals surface area contributed by atoms with Crippen LogP contribution in [0.5, 0.6) is 0 Å². The van der Waals surface area contributed by atoms with Crippen molar-refractivity contribution >= 4 is 34.6 Å². The zero-order chi connectivity index (χ0) is 20.1. The van der Waals surface area contributed by atoms with Gasteiger partial charge in [0.25, 0.3) is 5.56 Å². The third-order valence-corrected chi connectivity index (χ3v) is 5.66. The van der Waals surface area contributed by atoms with E-state index in [0.29, 0.717) is 43.4 Å². The summed E-state index contributed by atoms with van der Waals surface area (Å²) in [4.78, 5) is 47.2. The number of pyridine rings is 1. The number of carbonyl (C=O) groups is 2. The average molecular weight is 404 g/mol. The van der Waals surface area contributed by atoms with Gasteiger partial charge in [-0.15, -0.1) is 0 Å². The summed E-state index contributed by atoms with van der Waals surface area (Å²) in [5.74, 6) is 0.562. The molecular weight excluding hydrogens is 378 g/mol. The number of nitrogens with zero attached hydrogens (tertiary/aromatic N) is 4. The molecule has 1 aliphatic heterocycles. The molecule has 3 heterocycles. The maximum absolute atomic E-state index is 12.8. The van der Waals surface area contributed by atoms with E-state index in [9.17, 15) is 14.4 Å². The summed E-state index contributed by atoms with van der Waals surface area (Å²) in [7, 11) is 0. The van der Waals surface area contributed by atoms with Gasteiger partial charge in [-0.3, -0.25) is 19.0 Å². The molecule has 1 saturated heterocycles. The maximum atomic E-state index is 12.8. The van der Waals surface area contributed by atoms with E-state index in [2.05, 4.69) is 15.3 Å². The number of hydrogen-bond donors (Lipinski definition) is 1. The highest BCUT2D eigenvalue weighted by Crippen LogP contribution is 2.22. The number of aromatic nitrogens is 3. The number of likely N-dealkylation sites (tertiary alicyclic amines) is 1. The number of thioether (sulfide) groups is 1. The van der Waals surface area contributed by atoms with E-state index < -0.39 is 6.04 Å². The van der Waals surface area contributed by atoms with Gasteiger partial charge in [0.05, 0.1) is 5.39 Å². The summed E-state index contributed by atoms with van der Waals surface area (Å²) in [5.41, 5.74) is 0.349. The van der Waals surface area contributed by atoms with Crippen molar-refractivity contribution in [3.8, 4) is 0 Å². The third-order valence-electron chi connectivity index (χ3n) is 5.01. The van der Waals surface area contributed by atoms with Gasteiger partial charge in [0.2, 0.25) is 11.8 Å². The molecule has 3 rings (SSSR count). The first kappa shape index (κ1) is 20.3. The molecule has 28 heavy (non-hydrogen) atoms. The molecule has 8 nitrogen and oxygen atoms in total. The second kappa shape index (κ2) is 9.18. The summed E-state index contributed by atoms with van der Waals surface area (Å²) in [6, 6.07) is 2.97. The molecule has 150 valence electrons. The summed E-state index contributed by atoms with van der Waals surface area (Å²) < 4.78 is 1.66. The van der Waals surface area contributed by atoms with Crippen LogP contribution in [0, 0.1) is 0 Å². The first-order valence-electron chi connectivity index (χ1n) is 9.38. The highest BCUT2D eigenvalue weighted by atomic mass is 32.2. The van der Waals surface area contributed by atoms with Crippen molar-refractivity contribution in [1.29, 1.82) is 0 Å². The van der Waals surface area contributed by atoms with Crippen molar-refractivity contribution in [2.24, 2.45) is 0 Å². The second-order valence-electron chi connectivity index (χ2n) is 6.92. The normalized spacial score (nSPS) is 16.1. The highest BCUT2D eigenvalue weighted by Gasteiger charge is 2.29. The SMILES string of the molecule is CSCCC(NC(C)=O)C(=O)N1CCC(n2cnc3ncccc3c2=O)CC1. The van der Waals surface area contributed by atoms with Crippen LogP contribution >= 0.6 is 11.8 Å². The predicted molar refractivity (Wildman–Crippen MR) is 109 cm³/mol. The molecule has 1 atom stereocenters. The number of amides is 2. The van der Waals surface area contributed by atoms with Gasteiger partial charge in [0, 0.05) is 32.3 Å². The predicted octanol–water partition coefficient (Wildman–Crippen LogP) is 1.21. The number of fused-ring (bicyclic) bond motifs is 1. The van der Waals surface area contributed by atoms with E-state index in [1.54, 1.807) is 45.9 Å². The Morgan fingerprint density at radius 2 is 2.07 bits per heavy atom. The Bertz CT molecular complexity index is 908. The molecule has 0 bridgehead atoms. The van der Waals surface area contributed by atoms with E-state index in [1.165, 1.54) is 6.92 Å². The van der Waals surface area contributed by atoms with Crippen LogP contribution in [0.4, 0.5) is 0 Å². The van der Waals surface area contributed by atoms with Crippen molar-refractivity contribution in [3.05, 3.63) is 35.0 Å². The Balaban J connectivity index is 1.68. The van der Waals surface area contributed by atoms with Crippen LogP contribution in [0.25, 0.3) is 11.0 Å². The maximum Gasteiger partial charge on any atom is 0.263 e. The summed E-state index contributed by atoms with van der Waals surface area (Å²) in [5, 5.41) is 3.27. The lowest BCUT2D eigenvalue weighted by molar-refractivity contribution is -0.137. The molecule has 2 amide bonds. The van der Waals surface area contributed by atoms with Gasteiger partial charge in [-0.05, 0) is 43.4 Å². The lowest BCUT2D eigenvalue weighted by Crippen LogP contribution is -2.51. The van der Waals surface area contributed by atoms with Gasteiger partial charge in [-0.25, -0.2) is 9.97 Å². The van der Waals surface area contributed by atoms with Gasteiger partial charge in [-0.1, -0.05) is 0 Å². The molecule has 0 aliphatic carbocycles. The number of nitrogens with one attached hydrogen (secondary N) is 1. The molecule has 2 aromatic heterocycles. The molecule has 0 saturated carbocycles. The number of hydrogen-bond acceptors (Lipinski definition) is 6.